The lowest BCUT2D eigenvalue weighted by molar-refractivity contribution is -0.240. The monoisotopic (exact) mass is 1040 g/mol. The molecule has 396 valence electrons. The van der Waals surface area contributed by atoms with Crippen molar-refractivity contribution in [3.05, 3.63) is 156 Å². The van der Waals surface area contributed by atoms with Gasteiger partial charge in [0.2, 0.25) is 11.8 Å². The number of hydrogen-bond acceptors (Lipinski definition) is 13. The Balaban J connectivity index is 1.23. The summed E-state index contributed by atoms with van der Waals surface area (Å²) in [6, 6.07) is 38.8. The Bertz CT molecular complexity index is 2840. The van der Waals surface area contributed by atoms with E-state index in [1.807, 2.05) is 97.1 Å². The van der Waals surface area contributed by atoms with Crippen molar-refractivity contribution >= 4 is 48.8 Å². The van der Waals surface area contributed by atoms with Crippen molar-refractivity contribution in [2.45, 2.75) is 103 Å². The number of rotatable bonds is 25. The number of aromatic nitrogens is 1. The van der Waals surface area contributed by atoms with E-state index in [-0.39, 0.29) is 45.0 Å². The minimum absolute atomic E-state index is 0.000883. The number of esters is 2. The number of methoxy groups -OCH3 is 1. The number of ether oxygens (including phenoxy) is 6. The maximum Gasteiger partial charge on any atom is 0.408 e. The molecule has 17 heteroatoms. The Labute approximate surface area is 439 Å². The molecule has 0 aliphatic rings. The van der Waals surface area contributed by atoms with E-state index in [2.05, 4.69) is 30.3 Å². The maximum atomic E-state index is 14.7. The number of carbonyl (C=O) groups is 5. The molecule has 0 bridgehead atoms. The third kappa shape index (κ3) is 18.3. The number of pyridine rings is 1. The van der Waals surface area contributed by atoms with Crippen molar-refractivity contribution < 1.29 is 57.2 Å². The van der Waals surface area contributed by atoms with Gasteiger partial charge < -0.3 is 39.1 Å². The Hall–Kier alpha value is -7.76. The molecule has 0 fully saturated rings. The highest BCUT2D eigenvalue weighted by atomic mass is 28.3. The summed E-state index contributed by atoms with van der Waals surface area (Å²) in [6.45, 7) is 12.7. The molecule has 0 aliphatic heterocycles. The molecule has 0 saturated carbocycles. The normalized spacial score (nSPS) is 12.6. The zero-order chi connectivity index (χ0) is 54.0. The van der Waals surface area contributed by atoms with E-state index in [1.165, 1.54) is 6.92 Å². The topological polar surface area (TPSA) is 190 Å². The molecule has 2 N–H and O–H groups in total. The maximum absolute atomic E-state index is 14.7. The van der Waals surface area contributed by atoms with Crippen molar-refractivity contribution in [3.63, 3.8) is 0 Å². The second-order valence-corrected chi connectivity index (χ2v) is 25.6. The summed E-state index contributed by atoms with van der Waals surface area (Å²) in [5.74, 6) is -1.37. The predicted molar refractivity (Wildman–Crippen MR) is 287 cm³/mol. The highest BCUT2D eigenvalue weighted by Gasteiger charge is 2.36. The van der Waals surface area contributed by atoms with Crippen LogP contribution in [0, 0.1) is 0 Å². The van der Waals surface area contributed by atoms with Gasteiger partial charge in [-0.15, -0.1) is 0 Å². The van der Waals surface area contributed by atoms with Crippen LogP contribution in [0.1, 0.15) is 50.8 Å². The number of benzene rings is 5. The molecular weight excluding hydrogens is 973 g/mol. The third-order valence-electron chi connectivity index (χ3n) is 11.4. The molecule has 0 saturated heterocycles. The summed E-state index contributed by atoms with van der Waals surface area (Å²) in [5, 5.41) is 7.16. The number of nitrogens with one attached hydrogen (secondary N) is 2. The van der Waals surface area contributed by atoms with Crippen LogP contribution in [0.15, 0.2) is 140 Å². The van der Waals surface area contributed by atoms with Crippen molar-refractivity contribution in [2.24, 2.45) is 0 Å². The Kier molecular flexibility index (Phi) is 20.3. The second-order valence-electron chi connectivity index (χ2n) is 20.0. The summed E-state index contributed by atoms with van der Waals surface area (Å²) in [7, 11) is 0.0245. The number of hydroxylamine groups is 2. The van der Waals surface area contributed by atoms with Gasteiger partial charge in [-0.05, 0) is 67.8 Å². The van der Waals surface area contributed by atoms with E-state index in [0.29, 0.717) is 39.2 Å². The van der Waals surface area contributed by atoms with E-state index >= 15 is 0 Å². The smallest absolute Gasteiger partial charge is 0.408 e. The number of nitrogens with zero attached hydrogens (tertiary/aromatic N) is 2. The number of amides is 3. The van der Waals surface area contributed by atoms with Gasteiger partial charge >= 0.3 is 18.0 Å². The lowest BCUT2D eigenvalue weighted by Crippen LogP contribution is -2.56. The van der Waals surface area contributed by atoms with E-state index in [1.54, 1.807) is 70.3 Å². The number of fused-ring (bicyclic) bond motifs is 1. The zero-order valence-corrected chi connectivity index (χ0v) is 45.0. The van der Waals surface area contributed by atoms with Crippen LogP contribution in [0.25, 0.3) is 22.2 Å². The molecule has 0 radical (unpaired) electrons. The van der Waals surface area contributed by atoms with Crippen LogP contribution < -0.4 is 24.8 Å². The molecule has 75 heavy (non-hydrogen) atoms. The average Bonchev–Trinajstić information content (AvgIpc) is 3.38. The van der Waals surface area contributed by atoms with Gasteiger partial charge in [0.25, 0.3) is 0 Å². The fraction of sp³-hybridized carbons (Fsp3) is 0.345. The first-order valence-electron chi connectivity index (χ1n) is 24.9. The highest BCUT2D eigenvalue weighted by molar-refractivity contribution is 6.76. The molecule has 0 spiro atoms. The molecule has 0 unspecified atom stereocenters. The van der Waals surface area contributed by atoms with Gasteiger partial charge in [-0.25, -0.2) is 24.4 Å². The molecule has 6 aromatic rings. The Morgan fingerprint density at radius 2 is 1.28 bits per heavy atom. The largest absolute Gasteiger partial charge is 0.497 e. The Morgan fingerprint density at radius 1 is 0.653 bits per heavy atom. The molecule has 0 aliphatic carbocycles. The number of carbonyl (C=O) groups excluding carboxylic acids is 5. The summed E-state index contributed by atoms with van der Waals surface area (Å²) in [5.41, 5.74) is 3.29. The van der Waals surface area contributed by atoms with E-state index in [4.69, 9.17) is 38.2 Å². The lowest BCUT2D eigenvalue weighted by Gasteiger charge is -2.34. The molecule has 1 aromatic heterocycles. The van der Waals surface area contributed by atoms with Crippen LogP contribution in [-0.4, -0.2) is 98.6 Å². The summed E-state index contributed by atoms with van der Waals surface area (Å²) < 4.78 is 35.0. The first kappa shape index (κ1) is 56.5. The van der Waals surface area contributed by atoms with Crippen LogP contribution in [0.2, 0.25) is 25.7 Å². The van der Waals surface area contributed by atoms with Gasteiger partial charge in [0.15, 0.2) is 6.04 Å². The first-order chi connectivity index (χ1) is 35.8. The van der Waals surface area contributed by atoms with Crippen molar-refractivity contribution in [2.75, 3.05) is 26.9 Å². The van der Waals surface area contributed by atoms with Gasteiger partial charge in [0, 0.05) is 50.9 Å². The highest BCUT2D eigenvalue weighted by Crippen LogP contribution is 2.33. The van der Waals surface area contributed by atoms with Crippen LogP contribution >= 0.6 is 0 Å². The Morgan fingerprint density at radius 3 is 1.91 bits per heavy atom. The van der Waals surface area contributed by atoms with Gasteiger partial charge in [-0.3, -0.25) is 14.4 Å². The molecule has 5 aromatic carbocycles. The van der Waals surface area contributed by atoms with Crippen molar-refractivity contribution in [1.29, 1.82) is 0 Å². The van der Waals surface area contributed by atoms with E-state index < -0.39 is 68.3 Å². The van der Waals surface area contributed by atoms with Crippen LogP contribution in [0.4, 0.5) is 4.79 Å². The molecule has 3 amide bonds. The molecular formula is C58H68N4O12Si. The van der Waals surface area contributed by atoms with Crippen LogP contribution in [0.3, 0.4) is 0 Å². The van der Waals surface area contributed by atoms with Gasteiger partial charge in [-0.2, -0.15) is 0 Å². The van der Waals surface area contributed by atoms with Gasteiger partial charge in [0.1, 0.15) is 49.2 Å². The summed E-state index contributed by atoms with van der Waals surface area (Å²) in [4.78, 5) is 79.8. The van der Waals surface area contributed by atoms with Crippen LogP contribution in [-0.2, 0) is 57.9 Å². The fourth-order valence-corrected chi connectivity index (χ4v) is 8.27. The molecule has 6 rings (SSSR count). The number of alkyl carbamates (subject to hydrolysis) is 1. The summed E-state index contributed by atoms with van der Waals surface area (Å²) >= 11 is 0. The van der Waals surface area contributed by atoms with E-state index in [9.17, 15) is 24.0 Å². The average molecular weight is 1040 g/mol. The van der Waals surface area contributed by atoms with Gasteiger partial charge in [-0.1, -0.05) is 123 Å². The van der Waals surface area contributed by atoms with E-state index in [0.717, 1.165) is 22.2 Å². The number of hydrogen-bond donors (Lipinski definition) is 2. The minimum atomic E-state index is -1.55. The predicted octanol–water partition coefficient (Wildman–Crippen LogP) is 9.65. The second kappa shape index (κ2) is 27.0. The third-order valence-corrected chi connectivity index (χ3v) is 13.1. The van der Waals surface area contributed by atoms with Crippen LogP contribution in [0.5, 0.6) is 17.2 Å². The zero-order valence-electron chi connectivity index (χ0n) is 44.0. The lowest BCUT2D eigenvalue weighted by atomic mass is 10.1. The molecule has 16 nitrogen and oxygen atoms in total. The van der Waals surface area contributed by atoms with Gasteiger partial charge in [0.05, 0.1) is 37.1 Å². The summed E-state index contributed by atoms with van der Waals surface area (Å²) in [6.07, 6.45) is -0.860. The fourth-order valence-electron chi connectivity index (χ4n) is 7.56. The standard InChI is InChI=1S/C58H68N4O12Si/c1-40(63)62(74-58(2,3)4)52(29-30-69-53-36-48(44-24-16-11-17-25-44)59-49-35-45(68-5)27-28-47(49)53)54(64)60-51(56(66)72-37-41-19-12-9-13-20-41)39-71-46-26-18-23-43(33-46)34-50(55(65)70-31-32-75(6,7)8)61-57(67)73-38-42-21-14-10-15-22-42/h9-28,33,35-36,50-52H,29-32,34,37-39H2,1-8H3,(H,60,64)(H,61,67)/t50-,51-,52-/m0/s1. The minimum Gasteiger partial charge on any atom is -0.497 e. The van der Waals surface area contributed by atoms with Crippen molar-refractivity contribution in [1.82, 2.24) is 20.7 Å². The molecule has 1 heterocycles. The quantitative estimate of drug-likeness (QED) is 0.0239. The van der Waals surface area contributed by atoms with Crippen molar-refractivity contribution in [3.8, 4) is 28.5 Å². The molecule has 3 atom stereocenters. The SMILES string of the molecule is COc1ccc2c(OCC[C@@H](C(=O)N[C@@H](COc3cccc(C[C@H](NC(=O)OCc4ccccc4)C(=O)OCC[Si](C)(C)C)c3)C(=O)OCc3ccccc3)N(OC(C)(C)C)C(C)=O)cc(-c3ccccc3)nc2c1. The first-order valence-corrected chi connectivity index (χ1v) is 28.6.